The molecule has 0 saturated carbocycles. The first-order valence-electron chi connectivity index (χ1n) is 30.6. The predicted octanol–water partition coefficient (Wildman–Crippen LogP) is -1.55. The third kappa shape index (κ3) is 16.0. The molecule has 0 aromatic carbocycles. The third-order valence-electron chi connectivity index (χ3n) is 16.7. The Morgan fingerprint density at radius 3 is 1.12 bits per heavy atom. The van der Waals surface area contributed by atoms with Crippen LogP contribution >= 0.6 is 0 Å². The molecule has 36 nitrogen and oxygen atoms in total. The zero-order valence-corrected chi connectivity index (χ0v) is 58.4. The van der Waals surface area contributed by atoms with Crippen molar-refractivity contribution < 1.29 is 94.7 Å². The van der Waals surface area contributed by atoms with Crippen LogP contribution in [0.25, 0.3) is 0 Å². The van der Waals surface area contributed by atoms with Gasteiger partial charge >= 0.3 is 35.7 Å². The topological polar surface area (TPSA) is 509 Å². The molecule has 0 radical (unpaired) electrons. The highest BCUT2D eigenvalue weighted by atomic mass is 28.4. The number of amides is 4. The minimum absolute atomic E-state index is 0.00403. The molecule has 10 heterocycles. The van der Waals surface area contributed by atoms with Gasteiger partial charge < -0.3 is 98.5 Å². The fourth-order valence-corrected chi connectivity index (χ4v) is 28.9. The Labute approximate surface area is 537 Å². The highest BCUT2D eigenvalue weighted by Gasteiger charge is 2.57. The van der Waals surface area contributed by atoms with Crippen LogP contribution in [0.1, 0.15) is 164 Å². The van der Waals surface area contributed by atoms with Gasteiger partial charge in [-0.1, -0.05) is 96.9 Å². The standard InChI is InChI=1S/C18H34N4O5Si2.C17H32N4O6Si2.C9H14N4O4.C8H12N4O5/c1-10(2)28-26-15-13(7)18(22-9-20-17(21-22)16(19)23)25-14(15)8-24-29(27-28,11(3)4)12(5)6;1-9(2)28-26-14-12(7-24-29(27-28,10(3)4)11(5)6)25-17(13(14)22)21-8-19-16(20-21)15(18)23;1-4-6(15)5(2-14)17-9(4)13-3-11-8(12-13)7(10)16;9-6(16)7-10-2-12(11-7)8-5(15)4(14)3(1-13)17-8/h9-15,18,28H,8H2,1-7H3,(H2,19,23);8-14,17,22,28H,7H2,1-6H3,(H2,18,23);3-6,9,14-15H,2H2,1H3,(H2,10,16);2-5,8,13-15H,1H2,(H2,9,16)/t13-,14-,15?,18-,28?;12-,13-,14?,17-,28?;4-,5-,6?,9-;3-,4?,5-,8-/m1111/s1. The Hall–Kier alpha value is -5.33. The molecule has 0 aliphatic carbocycles. The third-order valence-corrected chi connectivity index (χ3v) is 32.6. The van der Waals surface area contributed by atoms with E-state index in [-0.39, 0.29) is 77.2 Å². The van der Waals surface area contributed by atoms with Crippen LogP contribution < -0.4 is 22.9 Å². The molecule has 4 aromatic heterocycles. The average Bonchev–Trinajstić information content (AvgIpc) is 1.52. The molecule has 6 unspecified atom stereocenters. The summed E-state index contributed by atoms with van der Waals surface area (Å²) < 4.78 is 67.8. The SMILES string of the molecule is CC(C)[SiH]1OC2[C@@H](C)[C@H](n3cnc(C(N)=O)n3)O[C@@H]2CO[Si](C(C)C)(C(C)C)O1.CC(C)[SiH]1OC2[C@@H](O)[C@H](n3cnc(C(N)=O)n3)O[C@@H]2CO[Si](C(C)C)(C(C)C)O1.C[C@@H]1C(O)[C@@H](CO)O[C@H]1n1cnc(C(N)=O)n1.NC(=O)c1ncn([C@@H]2O[C@H](CO)C(O)[C@H]2O)n1. The van der Waals surface area contributed by atoms with Gasteiger partial charge in [-0.15, -0.1) is 20.4 Å². The van der Waals surface area contributed by atoms with Gasteiger partial charge in [0.1, 0.15) is 74.1 Å². The summed E-state index contributed by atoms with van der Waals surface area (Å²) in [6.45, 7) is 29.5. The molecule has 18 atom stereocenters. The molecule has 4 aromatic rings. The van der Waals surface area contributed by atoms with E-state index >= 15 is 0 Å². The summed E-state index contributed by atoms with van der Waals surface area (Å²) in [5.74, 6) is -3.70. The van der Waals surface area contributed by atoms with E-state index in [0.717, 1.165) is 11.0 Å². The van der Waals surface area contributed by atoms with E-state index in [1.807, 2.05) is 0 Å². The van der Waals surface area contributed by atoms with Crippen molar-refractivity contribution in [2.45, 2.75) is 216 Å². The molecule has 4 amide bonds. The predicted molar refractivity (Wildman–Crippen MR) is 327 cm³/mol. The van der Waals surface area contributed by atoms with E-state index in [9.17, 15) is 39.6 Å². The number of carbonyl (C=O) groups excluding carboxylic acids is 4. The molecule has 516 valence electrons. The lowest BCUT2D eigenvalue weighted by Gasteiger charge is -2.44. The highest BCUT2D eigenvalue weighted by molar-refractivity contribution is 6.77. The molecule has 92 heavy (non-hydrogen) atoms. The Bertz CT molecular complexity index is 2870. The quantitative estimate of drug-likeness (QED) is 0.0568. The van der Waals surface area contributed by atoms with Gasteiger partial charge in [-0.2, -0.15) is 0 Å². The molecular formula is C52H92N16O20Si4. The monoisotopic (exact) mass is 1370 g/mol. The van der Waals surface area contributed by atoms with Crippen molar-refractivity contribution in [1.82, 2.24) is 59.1 Å². The molecule has 6 fully saturated rings. The first kappa shape index (κ1) is 74.1. The molecule has 14 N–H and O–H groups in total. The maximum atomic E-state index is 11.4. The number of ether oxygens (including phenoxy) is 4. The summed E-state index contributed by atoms with van der Waals surface area (Å²) in [7, 11) is -9.24. The van der Waals surface area contributed by atoms with Crippen LogP contribution in [-0.4, -0.2) is 236 Å². The summed E-state index contributed by atoms with van der Waals surface area (Å²) in [6.07, 6.45) is -4.87. The van der Waals surface area contributed by atoms with E-state index in [1.54, 1.807) is 11.6 Å². The maximum Gasteiger partial charge on any atom is 0.334 e. The van der Waals surface area contributed by atoms with Gasteiger partial charge in [0, 0.05) is 11.8 Å². The number of hydrogen-bond acceptors (Lipinski definition) is 28. The molecule has 40 heteroatoms. The first-order chi connectivity index (χ1) is 43.2. The number of nitrogens with zero attached hydrogens (tertiary/aromatic N) is 12. The number of fused-ring (bicyclic) bond motifs is 2. The normalized spacial score (nSPS) is 32.6. The van der Waals surface area contributed by atoms with Gasteiger partial charge in [0.05, 0.1) is 38.6 Å². The van der Waals surface area contributed by atoms with Crippen molar-refractivity contribution in [1.29, 1.82) is 0 Å². The van der Waals surface area contributed by atoms with Gasteiger partial charge in [-0.25, -0.2) is 38.7 Å². The molecule has 10 rings (SSSR count). The number of hydrogen-bond donors (Lipinski definition) is 10. The second kappa shape index (κ2) is 31.0. The number of rotatable bonds is 16. The van der Waals surface area contributed by atoms with Crippen LogP contribution in [0.4, 0.5) is 0 Å². The number of aliphatic hydroxyl groups excluding tert-OH is 6. The van der Waals surface area contributed by atoms with Crippen LogP contribution in [0.15, 0.2) is 25.3 Å². The zero-order chi connectivity index (χ0) is 68.2. The molecule has 6 aliphatic heterocycles. The smallest absolute Gasteiger partial charge is 0.334 e. The van der Waals surface area contributed by atoms with E-state index in [2.05, 4.69) is 130 Å². The summed E-state index contributed by atoms with van der Waals surface area (Å²) >= 11 is 0. The summed E-state index contributed by atoms with van der Waals surface area (Å²) in [6, 6.07) is 0. The second-order valence-corrected chi connectivity index (χ2v) is 40.0. The van der Waals surface area contributed by atoms with Crippen molar-refractivity contribution in [2.75, 3.05) is 26.4 Å². The summed E-state index contributed by atoms with van der Waals surface area (Å²) in [5, 5.41) is 73.5. The lowest BCUT2D eigenvalue weighted by atomic mass is 10.0. The average molecular weight is 1370 g/mol. The first-order valence-corrected chi connectivity index (χ1v) is 37.7. The summed E-state index contributed by atoms with van der Waals surface area (Å²) in [5.41, 5.74) is 22.1. The van der Waals surface area contributed by atoms with Gasteiger partial charge in [0.15, 0.2) is 24.9 Å². The van der Waals surface area contributed by atoms with Gasteiger partial charge in [0.2, 0.25) is 23.3 Å². The Balaban J connectivity index is 0.000000179. The lowest BCUT2D eigenvalue weighted by molar-refractivity contribution is -0.0617. The van der Waals surface area contributed by atoms with Crippen molar-refractivity contribution in [3.05, 3.63) is 48.6 Å². The maximum absolute atomic E-state index is 11.4. The summed E-state index contributed by atoms with van der Waals surface area (Å²) in [4.78, 5) is 59.5. The fraction of sp³-hybridized carbons (Fsp3) is 0.769. The minimum Gasteiger partial charge on any atom is -0.416 e. The van der Waals surface area contributed by atoms with Crippen molar-refractivity contribution in [3.63, 3.8) is 0 Å². The van der Waals surface area contributed by atoms with Crippen LogP contribution in [0.2, 0.25) is 33.2 Å². The van der Waals surface area contributed by atoms with Crippen LogP contribution in [-0.2, 0) is 44.9 Å². The number of nitrogens with two attached hydrogens (primary N) is 4. The Morgan fingerprint density at radius 1 is 0.478 bits per heavy atom. The van der Waals surface area contributed by atoms with Gasteiger partial charge in [-0.05, 0) is 33.2 Å². The lowest BCUT2D eigenvalue weighted by Crippen LogP contribution is -2.58. The Morgan fingerprint density at radius 2 is 0.793 bits per heavy atom. The number of carbonyl (C=O) groups is 4. The second-order valence-electron chi connectivity index (χ2n) is 25.3. The van der Waals surface area contributed by atoms with E-state index in [0.29, 0.717) is 23.2 Å². The van der Waals surface area contributed by atoms with Gasteiger partial charge in [0.25, 0.3) is 23.6 Å². The largest absolute Gasteiger partial charge is 0.416 e. The number of aromatic nitrogens is 12. The van der Waals surface area contributed by atoms with Crippen molar-refractivity contribution >= 4 is 59.3 Å². The molecule has 0 spiro atoms. The highest BCUT2D eigenvalue weighted by Crippen LogP contribution is 2.45. The number of aliphatic hydroxyl groups is 6. The fourth-order valence-electron chi connectivity index (χ4n) is 11.6. The van der Waals surface area contributed by atoms with Crippen molar-refractivity contribution in [3.8, 4) is 0 Å². The van der Waals surface area contributed by atoms with Crippen LogP contribution in [0.3, 0.4) is 0 Å². The Kier molecular flexibility index (Phi) is 25.0. The van der Waals surface area contributed by atoms with Crippen LogP contribution in [0, 0.1) is 11.8 Å². The van der Waals surface area contributed by atoms with Crippen molar-refractivity contribution in [2.24, 2.45) is 34.8 Å². The molecule has 6 saturated heterocycles. The van der Waals surface area contributed by atoms with E-state index in [4.69, 9.17) is 78.0 Å². The van der Waals surface area contributed by atoms with Crippen LogP contribution in [0.5, 0.6) is 0 Å². The minimum atomic E-state index is -2.56. The molecule has 6 aliphatic rings. The van der Waals surface area contributed by atoms with E-state index < -0.39 is 140 Å². The van der Waals surface area contributed by atoms with Gasteiger partial charge in [-0.3, -0.25) is 19.2 Å². The molecular weight excluding hydrogens is 1280 g/mol. The number of primary amides is 4. The van der Waals surface area contributed by atoms with E-state index in [1.165, 1.54) is 28.3 Å². The molecule has 0 bridgehead atoms. The zero-order valence-electron chi connectivity index (χ0n) is 54.1.